The Morgan fingerprint density at radius 2 is 1.52 bits per heavy atom. The lowest BCUT2D eigenvalue weighted by molar-refractivity contribution is 0.495. The molecule has 118 valence electrons. The molecule has 0 bridgehead atoms. The Balaban J connectivity index is 1.98. The molecule has 1 N–H and O–H groups in total. The average molecular weight is 352 g/mol. The van der Waals surface area contributed by atoms with Crippen LogP contribution in [0.4, 0.5) is 0 Å². The molecule has 0 aromatic heterocycles. The van der Waals surface area contributed by atoms with Crippen LogP contribution in [0.25, 0.3) is 0 Å². The summed E-state index contributed by atoms with van der Waals surface area (Å²) in [5.41, 5.74) is 0. The summed E-state index contributed by atoms with van der Waals surface area (Å²) >= 11 is 0. The normalized spacial score (nSPS) is 17.2. The SMILES string of the molecule is O=S(=O)(Cl)c1ccc(S(=O)(=O)NCCC2CCCC2)cc1. The first-order valence-electron chi connectivity index (χ1n) is 6.83. The smallest absolute Gasteiger partial charge is 0.211 e. The van der Waals surface area contributed by atoms with Crippen molar-refractivity contribution in [3.8, 4) is 0 Å². The highest BCUT2D eigenvalue weighted by atomic mass is 35.7. The Morgan fingerprint density at radius 1 is 1.00 bits per heavy atom. The van der Waals surface area contributed by atoms with Crippen LogP contribution in [0.3, 0.4) is 0 Å². The Labute approximate surface area is 130 Å². The summed E-state index contributed by atoms with van der Waals surface area (Å²) in [6, 6.07) is 4.86. The number of rotatable bonds is 6. The molecular formula is C13H18ClNO4S2. The van der Waals surface area contributed by atoms with Gasteiger partial charge in [0, 0.05) is 17.2 Å². The highest BCUT2D eigenvalue weighted by Crippen LogP contribution is 2.27. The second-order valence-electron chi connectivity index (χ2n) is 5.25. The van der Waals surface area contributed by atoms with E-state index in [0.717, 1.165) is 6.42 Å². The molecule has 1 aliphatic rings. The fraction of sp³-hybridized carbons (Fsp3) is 0.538. The number of hydrogen-bond acceptors (Lipinski definition) is 4. The van der Waals surface area contributed by atoms with Crippen LogP contribution in [0, 0.1) is 5.92 Å². The van der Waals surface area contributed by atoms with Crippen LogP contribution < -0.4 is 4.72 Å². The third-order valence-corrected chi connectivity index (χ3v) is 6.58. The van der Waals surface area contributed by atoms with Crippen molar-refractivity contribution in [2.24, 2.45) is 5.92 Å². The molecule has 1 aromatic carbocycles. The first-order valence-corrected chi connectivity index (χ1v) is 10.6. The molecule has 0 heterocycles. The number of hydrogen-bond donors (Lipinski definition) is 1. The van der Waals surface area contributed by atoms with Crippen LogP contribution >= 0.6 is 10.7 Å². The first-order chi connectivity index (χ1) is 9.79. The molecule has 0 atom stereocenters. The molecule has 2 rings (SSSR count). The van der Waals surface area contributed by atoms with Gasteiger partial charge in [0.2, 0.25) is 10.0 Å². The van der Waals surface area contributed by atoms with Gasteiger partial charge in [-0.3, -0.25) is 0 Å². The third-order valence-electron chi connectivity index (χ3n) is 3.73. The molecule has 1 aliphatic carbocycles. The molecule has 5 nitrogen and oxygen atoms in total. The van der Waals surface area contributed by atoms with E-state index in [0.29, 0.717) is 12.5 Å². The standard InChI is InChI=1S/C13H18ClNO4S2/c14-20(16,17)12-5-7-13(8-6-12)21(18,19)15-10-9-11-3-1-2-4-11/h5-8,11,15H,1-4,9-10H2. The minimum Gasteiger partial charge on any atom is -0.211 e. The number of nitrogens with one attached hydrogen (secondary N) is 1. The quantitative estimate of drug-likeness (QED) is 0.798. The van der Waals surface area contributed by atoms with E-state index < -0.39 is 19.1 Å². The molecule has 1 aromatic rings. The van der Waals surface area contributed by atoms with E-state index in [2.05, 4.69) is 4.72 Å². The predicted molar refractivity (Wildman–Crippen MR) is 81.2 cm³/mol. The van der Waals surface area contributed by atoms with E-state index in [-0.39, 0.29) is 9.79 Å². The molecule has 8 heteroatoms. The van der Waals surface area contributed by atoms with Crippen LogP contribution in [0.5, 0.6) is 0 Å². The third kappa shape index (κ3) is 4.67. The van der Waals surface area contributed by atoms with Crippen LogP contribution in [0.1, 0.15) is 32.1 Å². The van der Waals surface area contributed by atoms with E-state index in [9.17, 15) is 16.8 Å². The van der Waals surface area contributed by atoms with Gasteiger partial charge in [0.15, 0.2) is 0 Å². The lowest BCUT2D eigenvalue weighted by Crippen LogP contribution is -2.26. The Bertz CT molecular complexity index is 677. The van der Waals surface area contributed by atoms with Crippen LogP contribution in [0.15, 0.2) is 34.1 Å². The summed E-state index contributed by atoms with van der Waals surface area (Å²) in [4.78, 5) is -0.0768. The van der Waals surface area contributed by atoms with Crippen molar-refractivity contribution in [1.29, 1.82) is 0 Å². The second-order valence-corrected chi connectivity index (χ2v) is 9.58. The Morgan fingerprint density at radius 3 is 2.05 bits per heavy atom. The van der Waals surface area contributed by atoms with Crippen molar-refractivity contribution < 1.29 is 16.8 Å². The molecule has 0 aliphatic heterocycles. The first kappa shape index (κ1) is 16.7. The van der Waals surface area contributed by atoms with Gasteiger partial charge in [-0.2, -0.15) is 0 Å². The van der Waals surface area contributed by atoms with E-state index in [4.69, 9.17) is 10.7 Å². The second kappa shape index (κ2) is 6.64. The predicted octanol–water partition coefficient (Wildman–Crippen LogP) is 2.47. The molecule has 0 unspecified atom stereocenters. The van der Waals surface area contributed by atoms with Gasteiger partial charge in [-0.15, -0.1) is 0 Å². The maximum atomic E-state index is 12.1. The Kier molecular flexibility index (Phi) is 5.29. The highest BCUT2D eigenvalue weighted by Gasteiger charge is 2.18. The van der Waals surface area contributed by atoms with Crippen LogP contribution in [-0.4, -0.2) is 23.4 Å². The maximum Gasteiger partial charge on any atom is 0.261 e. The van der Waals surface area contributed by atoms with Gasteiger partial charge in [-0.25, -0.2) is 21.6 Å². The fourth-order valence-electron chi connectivity index (χ4n) is 2.56. The van der Waals surface area contributed by atoms with Gasteiger partial charge < -0.3 is 0 Å². The molecule has 1 fully saturated rings. The largest absolute Gasteiger partial charge is 0.261 e. The van der Waals surface area contributed by atoms with Crippen LogP contribution in [0.2, 0.25) is 0 Å². The number of sulfonamides is 1. The molecule has 0 saturated heterocycles. The molecular weight excluding hydrogens is 334 g/mol. The summed E-state index contributed by atoms with van der Waals surface area (Å²) in [5.74, 6) is 0.608. The van der Waals surface area contributed by atoms with Gasteiger partial charge in [0.25, 0.3) is 9.05 Å². The number of benzene rings is 1. The summed E-state index contributed by atoms with van der Waals surface area (Å²) in [6.07, 6.45) is 5.64. The van der Waals surface area contributed by atoms with Crippen molar-refractivity contribution >= 4 is 29.8 Å². The van der Waals surface area contributed by atoms with Crippen molar-refractivity contribution in [1.82, 2.24) is 4.72 Å². The summed E-state index contributed by atoms with van der Waals surface area (Å²) in [5, 5.41) is 0. The fourth-order valence-corrected chi connectivity index (χ4v) is 4.38. The van der Waals surface area contributed by atoms with Crippen LogP contribution in [-0.2, 0) is 19.1 Å². The lowest BCUT2D eigenvalue weighted by atomic mass is 10.1. The van der Waals surface area contributed by atoms with Gasteiger partial charge in [-0.05, 0) is 36.6 Å². The molecule has 0 radical (unpaired) electrons. The minimum atomic E-state index is -3.84. The van der Waals surface area contributed by atoms with E-state index in [1.54, 1.807) is 0 Å². The monoisotopic (exact) mass is 351 g/mol. The molecule has 0 spiro atoms. The Hall–Kier alpha value is -0.630. The van der Waals surface area contributed by atoms with Gasteiger partial charge in [0.1, 0.15) is 0 Å². The van der Waals surface area contributed by atoms with E-state index in [1.807, 2.05) is 0 Å². The average Bonchev–Trinajstić information content (AvgIpc) is 2.91. The number of halogens is 1. The summed E-state index contributed by atoms with van der Waals surface area (Å²) < 4.78 is 48.9. The zero-order valence-electron chi connectivity index (χ0n) is 11.5. The molecule has 1 saturated carbocycles. The van der Waals surface area contributed by atoms with Crippen molar-refractivity contribution in [2.45, 2.75) is 41.9 Å². The lowest BCUT2D eigenvalue weighted by Gasteiger charge is -2.10. The highest BCUT2D eigenvalue weighted by molar-refractivity contribution is 8.13. The maximum absolute atomic E-state index is 12.1. The zero-order valence-corrected chi connectivity index (χ0v) is 13.8. The van der Waals surface area contributed by atoms with E-state index in [1.165, 1.54) is 49.9 Å². The summed E-state index contributed by atoms with van der Waals surface area (Å²) in [6.45, 7) is 0.405. The van der Waals surface area contributed by atoms with E-state index >= 15 is 0 Å². The van der Waals surface area contributed by atoms with Gasteiger partial charge in [0.05, 0.1) is 9.79 Å². The van der Waals surface area contributed by atoms with Crippen molar-refractivity contribution in [3.05, 3.63) is 24.3 Å². The molecule has 0 amide bonds. The topological polar surface area (TPSA) is 80.3 Å². The summed E-state index contributed by atoms with van der Waals surface area (Å²) in [7, 11) is -2.25. The minimum absolute atomic E-state index is 0.0398. The van der Waals surface area contributed by atoms with Crippen molar-refractivity contribution in [3.63, 3.8) is 0 Å². The van der Waals surface area contributed by atoms with Gasteiger partial charge >= 0.3 is 0 Å². The zero-order chi connectivity index (χ0) is 15.5. The molecule has 21 heavy (non-hydrogen) atoms. The van der Waals surface area contributed by atoms with Crippen molar-refractivity contribution in [2.75, 3.05) is 6.54 Å². The van der Waals surface area contributed by atoms with Gasteiger partial charge in [-0.1, -0.05) is 25.7 Å².